The number of para-hydroxylation sites is 1. The highest BCUT2D eigenvalue weighted by Crippen LogP contribution is 2.18. The van der Waals surface area contributed by atoms with Crippen molar-refractivity contribution in [3.8, 4) is 0 Å². The molecule has 5 nitrogen and oxygen atoms in total. The Hall–Kier alpha value is -2.53. The van der Waals surface area contributed by atoms with Gasteiger partial charge in [-0.3, -0.25) is 4.98 Å². The van der Waals surface area contributed by atoms with E-state index in [-0.39, 0.29) is 0 Å². The van der Waals surface area contributed by atoms with E-state index >= 15 is 0 Å². The Morgan fingerprint density at radius 3 is 2.75 bits per heavy atom. The zero-order valence-electron chi connectivity index (χ0n) is 13.6. The Morgan fingerprint density at radius 1 is 1.00 bits per heavy atom. The molecule has 4 rings (SSSR count). The van der Waals surface area contributed by atoms with Crippen molar-refractivity contribution in [1.82, 2.24) is 20.3 Å². The Balaban J connectivity index is 1.44. The molecular formula is C19H21N5. The van der Waals surface area contributed by atoms with Crippen molar-refractivity contribution >= 4 is 16.9 Å². The summed E-state index contributed by atoms with van der Waals surface area (Å²) in [6.07, 6.45) is 7.81. The van der Waals surface area contributed by atoms with Crippen LogP contribution in [0.4, 0.5) is 5.95 Å². The number of fused-ring (bicyclic) bond motifs is 1. The van der Waals surface area contributed by atoms with E-state index in [1.54, 1.807) is 12.4 Å². The first-order valence-electron chi connectivity index (χ1n) is 8.48. The van der Waals surface area contributed by atoms with Gasteiger partial charge in [-0.15, -0.1) is 0 Å². The molecule has 1 N–H and O–H groups in total. The molecule has 1 aromatic carbocycles. The number of pyridine rings is 1. The van der Waals surface area contributed by atoms with Crippen molar-refractivity contribution in [2.45, 2.75) is 25.4 Å². The minimum Gasteiger partial charge on any atom is -0.339 e. The molecule has 0 unspecified atom stereocenters. The summed E-state index contributed by atoms with van der Waals surface area (Å²) < 4.78 is 0. The van der Waals surface area contributed by atoms with Gasteiger partial charge in [0.2, 0.25) is 5.95 Å². The van der Waals surface area contributed by atoms with Crippen molar-refractivity contribution in [1.29, 1.82) is 0 Å². The maximum atomic E-state index is 4.54. The van der Waals surface area contributed by atoms with Crippen LogP contribution in [0.1, 0.15) is 18.4 Å². The van der Waals surface area contributed by atoms with E-state index in [0.29, 0.717) is 6.04 Å². The second kappa shape index (κ2) is 6.93. The molecule has 122 valence electrons. The topological polar surface area (TPSA) is 53.9 Å². The van der Waals surface area contributed by atoms with Crippen LogP contribution in [0.25, 0.3) is 10.9 Å². The third kappa shape index (κ3) is 3.21. The lowest BCUT2D eigenvalue weighted by molar-refractivity contribution is 0.418. The number of hydrogen-bond donors (Lipinski definition) is 1. The van der Waals surface area contributed by atoms with Crippen LogP contribution >= 0.6 is 0 Å². The van der Waals surface area contributed by atoms with Crippen LogP contribution in [0.3, 0.4) is 0 Å². The van der Waals surface area contributed by atoms with Gasteiger partial charge in [0, 0.05) is 49.7 Å². The monoisotopic (exact) mass is 319 g/mol. The van der Waals surface area contributed by atoms with Gasteiger partial charge in [-0.2, -0.15) is 0 Å². The zero-order chi connectivity index (χ0) is 16.2. The van der Waals surface area contributed by atoms with Gasteiger partial charge in [0.25, 0.3) is 0 Å². The number of nitrogens with zero attached hydrogens (tertiary/aromatic N) is 4. The lowest BCUT2D eigenvalue weighted by Gasteiger charge is -2.33. The van der Waals surface area contributed by atoms with Crippen LogP contribution in [0.5, 0.6) is 0 Å². The number of anilines is 1. The second-order valence-electron chi connectivity index (χ2n) is 6.21. The molecule has 0 saturated carbocycles. The first-order chi connectivity index (χ1) is 11.9. The standard InChI is InChI=1S/C19H21N5/c1-5-15-7-2-9-20-18(15)16(6-1)13-23-17-8-3-12-24(14-17)19-21-10-4-11-22-19/h1-2,4-7,9-11,17,23H,3,8,12-14H2/t17-/m0/s1. The average Bonchev–Trinajstić information content (AvgIpc) is 2.67. The van der Waals surface area contributed by atoms with Crippen LogP contribution in [0.2, 0.25) is 0 Å². The van der Waals surface area contributed by atoms with Crippen LogP contribution in [0, 0.1) is 0 Å². The van der Waals surface area contributed by atoms with Gasteiger partial charge in [0.05, 0.1) is 5.52 Å². The molecule has 1 atom stereocenters. The summed E-state index contributed by atoms with van der Waals surface area (Å²) in [7, 11) is 0. The molecule has 2 aromatic heterocycles. The Bertz CT molecular complexity index is 800. The predicted molar refractivity (Wildman–Crippen MR) is 95.8 cm³/mol. The van der Waals surface area contributed by atoms with Gasteiger partial charge >= 0.3 is 0 Å². The molecule has 5 heteroatoms. The van der Waals surface area contributed by atoms with E-state index in [4.69, 9.17) is 0 Å². The van der Waals surface area contributed by atoms with Gasteiger partial charge in [0.1, 0.15) is 0 Å². The van der Waals surface area contributed by atoms with Gasteiger partial charge in [0.15, 0.2) is 0 Å². The summed E-state index contributed by atoms with van der Waals surface area (Å²) in [5.74, 6) is 0.829. The molecule has 1 aliphatic heterocycles. The van der Waals surface area contributed by atoms with E-state index < -0.39 is 0 Å². The Kier molecular flexibility index (Phi) is 4.34. The molecule has 0 amide bonds. The average molecular weight is 319 g/mol. The quantitative estimate of drug-likeness (QED) is 0.801. The number of nitrogens with one attached hydrogen (secondary N) is 1. The van der Waals surface area contributed by atoms with Crippen molar-refractivity contribution in [2.24, 2.45) is 0 Å². The zero-order valence-corrected chi connectivity index (χ0v) is 13.6. The first kappa shape index (κ1) is 15.0. The lowest BCUT2D eigenvalue weighted by atomic mass is 10.0. The first-order valence-corrected chi connectivity index (χ1v) is 8.48. The third-order valence-corrected chi connectivity index (χ3v) is 4.55. The molecule has 0 radical (unpaired) electrons. The fraction of sp³-hybridized carbons (Fsp3) is 0.316. The van der Waals surface area contributed by atoms with Crippen LogP contribution in [-0.2, 0) is 6.54 Å². The lowest BCUT2D eigenvalue weighted by Crippen LogP contribution is -2.46. The number of piperidine rings is 1. The van der Waals surface area contributed by atoms with Gasteiger partial charge in [-0.1, -0.05) is 24.3 Å². The highest BCUT2D eigenvalue weighted by atomic mass is 15.3. The number of aromatic nitrogens is 3. The van der Waals surface area contributed by atoms with Gasteiger partial charge < -0.3 is 10.2 Å². The summed E-state index contributed by atoms with van der Waals surface area (Å²) in [4.78, 5) is 15.5. The van der Waals surface area contributed by atoms with Crippen molar-refractivity contribution in [3.63, 3.8) is 0 Å². The van der Waals surface area contributed by atoms with E-state index in [9.17, 15) is 0 Å². The predicted octanol–water partition coefficient (Wildman–Crippen LogP) is 2.78. The van der Waals surface area contributed by atoms with Crippen molar-refractivity contribution in [3.05, 3.63) is 60.6 Å². The minimum absolute atomic E-state index is 0.446. The normalized spacial score (nSPS) is 18.0. The summed E-state index contributed by atoms with van der Waals surface area (Å²) in [5.41, 5.74) is 2.34. The van der Waals surface area contributed by atoms with Gasteiger partial charge in [-0.05, 0) is 30.5 Å². The summed E-state index contributed by atoms with van der Waals surface area (Å²) in [6, 6.07) is 12.8. The SMILES string of the molecule is c1cnc(N2CCC[C@H](NCc3cccc4cccnc34)C2)nc1. The largest absolute Gasteiger partial charge is 0.339 e. The number of benzene rings is 1. The smallest absolute Gasteiger partial charge is 0.225 e. The number of rotatable bonds is 4. The van der Waals surface area contributed by atoms with E-state index in [1.165, 1.54) is 17.4 Å². The van der Waals surface area contributed by atoms with Crippen LogP contribution < -0.4 is 10.2 Å². The maximum absolute atomic E-state index is 4.54. The van der Waals surface area contributed by atoms with Crippen molar-refractivity contribution in [2.75, 3.05) is 18.0 Å². The van der Waals surface area contributed by atoms with Crippen LogP contribution in [-0.4, -0.2) is 34.1 Å². The minimum atomic E-state index is 0.446. The highest BCUT2D eigenvalue weighted by molar-refractivity contribution is 5.81. The summed E-state index contributed by atoms with van der Waals surface area (Å²) in [6.45, 7) is 2.81. The van der Waals surface area contributed by atoms with Crippen LogP contribution in [0.15, 0.2) is 55.0 Å². The Morgan fingerprint density at radius 2 is 1.83 bits per heavy atom. The molecule has 1 aliphatic rings. The molecular weight excluding hydrogens is 298 g/mol. The molecule has 24 heavy (non-hydrogen) atoms. The maximum Gasteiger partial charge on any atom is 0.225 e. The molecule has 0 spiro atoms. The fourth-order valence-corrected chi connectivity index (χ4v) is 3.34. The number of hydrogen-bond acceptors (Lipinski definition) is 5. The van der Waals surface area contributed by atoms with Gasteiger partial charge in [-0.25, -0.2) is 9.97 Å². The summed E-state index contributed by atoms with van der Waals surface area (Å²) in [5, 5.41) is 4.89. The highest BCUT2D eigenvalue weighted by Gasteiger charge is 2.21. The van der Waals surface area contributed by atoms with E-state index in [1.807, 2.05) is 18.3 Å². The Labute approximate surface area is 141 Å². The van der Waals surface area contributed by atoms with E-state index in [2.05, 4.69) is 49.4 Å². The molecule has 3 aromatic rings. The summed E-state index contributed by atoms with van der Waals surface area (Å²) >= 11 is 0. The second-order valence-corrected chi connectivity index (χ2v) is 6.21. The third-order valence-electron chi connectivity index (χ3n) is 4.55. The molecule has 0 bridgehead atoms. The fourth-order valence-electron chi connectivity index (χ4n) is 3.34. The molecule has 3 heterocycles. The van der Waals surface area contributed by atoms with Crippen molar-refractivity contribution < 1.29 is 0 Å². The molecule has 0 aliphatic carbocycles. The molecule has 1 saturated heterocycles. The molecule has 1 fully saturated rings. The van der Waals surface area contributed by atoms with E-state index in [0.717, 1.165) is 37.5 Å².